The molecule has 0 aliphatic heterocycles. The molecule has 4 aromatic rings. The Morgan fingerprint density at radius 1 is 0.759 bits per heavy atom. The van der Waals surface area contributed by atoms with Crippen LogP contribution in [0.15, 0.2) is 40.8 Å². The van der Waals surface area contributed by atoms with Gasteiger partial charge in [0.05, 0.1) is 39.8 Å². The summed E-state index contributed by atoms with van der Waals surface area (Å²) in [4.78, 5) is 4.52. The van der Waals surface area contributed by atoms with Gasteiger partial charge in [0.2, 0.25) is 5.89 Å². The van der Waals surface area contributed by atoms with Crippen molar-refractivity contribution < 1.29 is 23.4 Å². The Labute approximate surface area is 167 Å². The van der Waals surface area contributed by atoms with E-state index in [-0.39, 0.29) is 0 Å². The normalized spacial score (nSPS) is 10.9. The number of hydrogen-bond donors (Lipinski definition) is 0. The predicted molar refractivity (Wildman–Crippen MR) is 107 cm³/mol. The molecule has 2 aromatic heterocycles. The van der Waals surface area contributed by atoms with Crippen LogP contribution < -0.4 is 18.9 Å². The van der Waals surface area contributed by atoms with Crippen LogP contribution >= 0.6 is 0 Å². The maximum Gasteiger partial charge on any atom is 0.325 e. The van der Waals surface area contributed by atoms with E-state index in [0.29, 0.717) is 34.7 Å². The molecule has 0 aliphatic carbocycles. The van der Waals surface area contributed by atoms with Crippen LogP contribution in [0.1, 0.15) is 5.69 Å². The molecule has 0 aliphatic rings. The number of nitrogens with zero attached hydrogens (tertiary/aromatic N) is 3. The van der Waals surface area contributed by atoms with E-state index in [1.54, 1.807) is 33.0 Å². The van der Waals surface area contributed by atoms with Gasteiger partial charge in [-0.15, -0.1) is 5.10 Å². The molecule has 8 heteroatoms. The Morgan fingerprint density at radius 3 is 1.90 bits per heavy atom. The molecule has 0 bridgehead atoms. The van der Waals surface area contributed by atoms with Crippen molar-refractivity contribution in [1.82, 2.24) is 14.6 Å². The Hall–Kier alpha value is -3.68. The van der Waals surface area contributed by atoms with E-state index >= 15 is 0 Å². The molecule has 0 saturated heterocycles. The highest BCUT2D eigenvalue weighted by molar-refractivity contribution is 5.69. The second-order valence-corrected chi connectivity index (χ2v) is 6.29. The van der Waals surface area contributed by atoms with Gasteiger partial charge in [-0.1, -0.05) is 0 Å². The van der Waals surface area contributed by atoms with E-state index in [2.05, 4.69) is 10.1 Å². The van der Waals surface area contributed by atoms with Crippen molar-refractivity contribution in [2.75, 3.05) is 28.4 Å². The van der Waals surface area contributed by atoms with Gasteiger partial charge in [-0.05, 0) is 43.3 Å². The second kappa shape index (κ2) is 7.38. The third-order valence-corrected chi connectivity index (χ3v) is 4.67. The second-order valence-electron chi connectivity index (χ2n) is 6.29. The van der Waals surface area contributed by atoms with Crippen molar-refractivity contribution in [2.24, 2.45) is 0 Å². The zero-order valence-corrected chi connectivity index (χ0v) is 16.8. The van der Waals surface area contributed by atoms with Crippen LogP contribution in [0.3, 0.4) is 0 Å². The molecule has 0 unspecified atom stereocenters. The fraction of sp³-hybridized carbons (Fsp3) is 0.238. The molecule has 29 heavy (non-hydrogen) atoms. The quantitative estimate of drug-likeness (QED) is 0.488. The van der Waals surface area contributed by atoms with Crippen LogP contribution in [-0.4, -0.2) is 43.0 Å². The third kappa shape index (κ3) is 3.12. The third-order valence-electron chi connectivity index (χ3n) is 4.67. The highest BCUT2D eigenvalue weighted by Gasteiger charge is 2.20. The number of ether oxygens (including phenoxy) is 4. The lowest BCUT2D eigenvalue weighted by atomic mass is 10.1. The van der Waals surface area contributed by atoms with Gasteiger partial charge in [0.1, 0.15) is 0 Å². The predicted octanol–water partition coefficient (Wildman–Crippen LogP) is 4.00. The molecule has 150 valence electrons. The van der Waals surface area contributed by atoms with E-state index in [0.717, 1.165) is 22.5 Å². The SMILES string of the molecule is COc1ccc(-c2nn3c(-c4ccc(OC)c(OC)c4)c(C)nc3o2)cc1OC. The maximum atomic E-state index is 5.90. The Kier molecular flexibility index (Phi) is 4.75. The van der Waals surface area contributed by atoms with Gasteiger partial charge >= 0.3 is 5.84 Å². The number of benzene rings is 2. The van der Waals surface area contributed by atoms with Crippen LogP contribution in [0.25, 0.3) is 28.6 Å². The number of imidazole rings is 1. The minimum Gasteiger partial charge on any atom is -0.493 e. The van der Waals surface area contributed by atoms with Crippen LogP contribution in [0.4, 0.5) is 0 Å². The molecule has 8 nitrogen and oxygen atoms in total. The summed E-state index contributed by atoms with van der Waals surface area (Å²) in [6.45, 7) is 1.91. The molecule has 2 aromatic carbocycles. The first-order chi connectivity index (χ1) is 14.1. The lowest BCUT2D eigenvalue weighted by Gasteiger charge is -2.09. The summed E-state index contributed by atoms with van der Waals surface area (Å²) >= 11 is 0. The van der Waals surface area contributed by atoms with E-state index < -0.39 is 0 Å². The number of aryl methyl sites for hydroxylation is 1. The number of fused-ring (bicyclic) bond motifs is 1. The summed E-state index contributed by atoms with van der Waals surface area (Å²) in [5, 5.41) is 4.63. The van der Waals surface area contributed by atoms with E-state index in [1.165, 1.54) is 0 Å². The number of aromatic nitrogens is 3. The molecule has 2 heterocycles. The molecular weight excluding hydrogens is 374 g/mol. The molecule has 0 atom stereocenters. The van der Waals surface area contributed by atoms with Crippen LogP contribution in [0.5, 0.6) is 23.0 Å². The summed E-state index contributed by atoms with van der Waals surface area (Å²) in [5.41, 5.74) is 3.25. The average Bonchev–Trinajstić information content (AvgIpc) is 3.29. The monoisotopic (exact) mass is 395 g/mol. The van der Waals surface area contributed by atoms with Crippen LogP contribution in [-0.2, 0) is 0 Å². The molecule has 0 N–H and O–H groups in total. The standard InChI is InChI=1S/C21H21N3O5/c1-12-19(13-6-8-15(25-2)17(10-13)27-4)24-21(22-12)29-20(23-24)14-7-9-16(26-3)18(11-14)28-5/h6-11H,1-5H3. The lowest BCUT2D eigenvalue weighted by Crippen LogP contribution is -1.95. The molecule has 0 saturated carbocycles. The fourth-order valence-corrected chi connectivity index (χ4v) is 3.25. The Bertz CT molecular complexity index is 1180. The molecule has 4 rings (SSSR count). The summed E-state index contributed by atoms with van der Waals surface area (Å²) < 4.78 is 29.0. The van der Waals surface area contributed by atoms with E-state index in [1.807, 2.05) is 43.3 Å². The minimum absolute atomic E-state index is 0.400. The fourth-order valence-electron chi connectivity index (χ4n) is 3.25. The van der Waals surface area contributed by atoms with Crippen molar-refractivity contribution in [3.05, 3.63) is 42.1 Å². The highest BCUT2D eigenvalue weighted by Crippen LogP contribution is 2.36. The number of hydrogen-bond acceptors (Lipinski definition) is 7. The first kappa shape index (κ1) is 18.7. The number of methoxy groups -OCH3 is 4. The molecule has 0 amide bonds. The van der Waals surface area contributed by atoms with Gasteiger partial charge in [0, 0.05) is 11.1 Å². The summed E-state index contributed by atoms with van der Waals surface area (Å²) in [5.74, 6) is 3.34. The average molecular weight is 395 g/mol. The molecular formula is C21H21N3O5. The van der Waals surface area contributed by atoms with Crippen LogP contribution in [0.2, 0.25) is 0 Å². The first-order valence-electron chi connectivity index (χ1n) is 8.90. The van der Waals surface area contributed by atoms with E-state index in [9.17, 15) is 0 Å². The van der Waals surface area contributed by atoms with Crippen molar-refractivity contribution >= 4 is 5.84 Å². The van der Waals surface area contributed by atoms with Gasteiger partial charge in [-0.3, -0.25) is 0 Å². The van der Waals surface area contributed by atoms with Gasteiger partial charge < -0.3 is 23.4 Å². The van der Waals surface area contributed by atoms with Crippen molar-refractivity contribution in [2.45, 2.75) is 6.92 Å². The smallest absolute Gasteiger partial charge is 0.325 e. The lowest BCUT2D eigenvalue weighted by molar-refractivity contribution is 0.355. The zero-order valence-electron chi connectivity index (χ0n) is 16.8. The van der Waals surface area contributed by atoms with Crippen molar-refractivity contribution in [1.29, 1.82) is 0 Å². The Balaban J connectivity index is 1.82. The molecule has 0 radical (unpaired) electrons. The summed E-state index contributed by atoms with van der Waals surface area (Å²) in [6, 6.07) is 11.1. The van der Waals surface area contributed by atoms with Gasteiger partial charge in [-0.25, -0.2) is 0 Å². The van der Waals surface area contributed by atoms with Gasteiger partial charge in [-0.2, -0.15) is 9.50 Å². The molecule has 0 fully saturated rings. The van der Waals surface area contributed by atoms with Gasteiger partial charge in [0.15, 0.2) is 23.0 Å². The Morgan fingerprint density at radius 2 is 1.31 bits per heavy atom. The zero-order chi connectivity index (χ0) is 20.5. The maximum absolute atomic E-state index is 5.90. The largest absolute Gasteiger partial charge is 0.493 e. The minimum atomic E-state index is 0.400. The summed E-state index contributed by atoms with van der Waals surface area (Å²) in [7, 11) is 6.38. The summed E-state index contributed by atoms with van der Waals surface area (Å²) in [6.07, 6.45) is 0. The van der Waals surface area contributed by atoms with Gasteiger partial charge in [0.25, 0.3) is 0 Å². The van der Waals surface area contributed by atoms with Crippen LogP contribution in [0, 0.1) is 6.92 Å². The van der Waals surface area contributed by atoms with Crippen molar-refractivity contribution in [3.8, 4) is 45.7 Å². The highest BCUT2D eigenvalue weighted by atomic mass is 16.5. The van der Waals surface area contributed by atoms with Crippen molar-refractivity contribution in [3.63, 3.8) is 0 Å². The number of rotatable bonds is 6. The van der Waals surface area contributed by atoms with E-state index in [4.69, 9.17) is 23.4 Å². The molecule has 0 spiro atoms. The first-order valence-corrected chi connectivity index (χ1v) is 8.90. The topological polar surface area (TPSA) is 80.3 Å².